The summed E-state index contributed by atoms with van der Waals surface area (Å²) < 4.78 is 1.12. The molecule has 0 aliphatic heterocycles. The maximum atomic E-state index is 13.8. The topological polar surface area (TPSA) is 79.4 Å². The van der Waals surface area contributed by atoms with Crippen molar-refractivity contribution in [1.82, 2.24) is 15.2 Å². The van der Waals surface area contributed by atoms with E-state index in [4.69, 9.17) is 4.98 Å². The van der Waals surface area contributed by atoms with Gasteiger partial charge in [-0.3, -0.25) is 19.3 Å². The van der Waals surface area contributed by atoms with E-state index >= 15 is 0 Å². The number of carbonyl (C=O) groups excluding carboxylic acids is 3. The number of hydrogen-bond donors (Lipinski definition) is 1. The predicted molar refractivity (Wildman–Crippen MR) is 170 cm³/mol. The fraction of sp³-hybridized carbons (Fsp3) is 0.647. The number of amides is 1. The highest BCUT2D eigenvalue weighted by Crippen LogP contribution is 2.31. The summed E-state index contributed by atoms with van der Waals surface area (Å²) in [5.74, 6) is 0.413. The Morgan fingerprint density at radius 3 is 2.44 bits per heavy atom. The van der Waals surface area contributed by atoms with Crippen LogP contribution in [-0.4, -0.2) is 53.0 Å². The van der Waals surface area contributed by atoms with E-state index in [1.54, 1.807) is 11.3 Å². The van der Waals surface area contributed by atoms with Gasteiger partial charge >= 0.3 is 0 Å². The summed E-state index contributed by atoms with van der Waals surface area (Å²) in [5, 5.41) is 4.24. The largest absolute Gasteiger partial charge is 0.353 e. The van der Waals surface area contributed by atoms with Crippen molar-refractivity contribution < 1.29 is 14.4 Å². The summed E-state index contributed by atoms with van der Waals surface area (Å²) in [4.78, 5) is 46.4. The lowest BCUT2D eigenvalue weighted by Gasteiger charge is -2.32. The molecule has 1 amide bonds. The van der Waals surface area contributed by atoms with E-state index in [2.05, 4.69) is 62.7 Å². The molecule has 0 radical (unpaired) electrons. The second kappa shape index (κ2) is 16.3. The first-order valence-electron chi connectivity index (χ1n) is 15.8. The predicted octanol–water partition coefficient (Wildman–Crippen LogP) is 7.26. The number of rotatable bonds is 17. The summed E-state index contributed by atoms with van der Waals surface area (Å²) in [6.07, 6.45) is 7.73. The number of benzene rings is 1. The fourth-order valence-corrected chi connectivity index (χ4v) is 6.95. The molecule has 0 saturated heterocycles. The number of fused-ring (bicyclic) bond motifs is 1. The van der Waals surface area contributed by atoms with Crippen molar-refractivity contribution in [3.63, 3.8) is 0 Å². The van der Waals surface area contributed by atoms with Crippen LogP contribution in [0.3, 0.4) is 0 Å². The van der Waals surface area contributed by atoms with Gasteiger partial charge in [-0.1, -0.05) is 66.5 Å². The van der Waals surface area contributed by atoms with Crippen LogP contribution in [0.1, 0.15) is 109 Å². The number of hydrogen-bond acceptors (Lipinski definition) is 6. The third-order valence-electron chi connectivity index (χ3n) is 8.72. The lowest BCUT2D eigenvalue weighted by molar-refractivity contribution is -0.130. The Kier molecular flexibility index (Phi) is 13.2. The molecule has 1 aliphatic rings. The lowest BCUT2D eigenvalue weighted by atomic mass is 9.81. The van der Waals surface area contributed by atoms with Gasteiger partial charge in [0.1, 0.15) is 5.78 Å². The molecule has 0 bridgehead atoms. The van der Waals surface area contributed by atoms with Crippen LogP contribution >= 0.6 is 11.3 Å². The van der Waals surface area contributed by atoms with E-state index in [0.29, 0.717) is 49.6 Å². The molecular formula is C34H51N3O3S. The number of aromatic nitrogens is 1. The fourth-order valence-electron chi connectivity index (χ4n) is 5.85. The molecule has 2 atom stereocenters. The third kappa shape index (κ3) is 9.85. The van der Waals surface area contributed by atoms with Crippen LogP contribution in [0.15, 0.2) is 30.4 Å². The number of carbonyl (C=O) groups is 3. The van der Waals surface area contributed by atoms with Gasteiger partial charge in [0.05, 0.1) is 21.1 Å². The Hall–Kier alpha value is -2.38. The molecular weight excluding hydrogens is 530 g/mol. The molecule has 1 fully saturated rings. The average molecular weight is 582 g/mol. The molecule has 1 heterocycles. The van der Waals surface area contributed by atoms with Gasteiger partial charge in [-0.2, -0.15) is 0 Å². The summed E-state index contributed by atoms with van der Waals surface area (Å²) in [6, 6.07) is 6.29. The number of Topliss-reactive ketones (excluding diaryl/α,β-unsaturated/α-hetero) is 2. The zero-order valence-electron chi connectivity index (χ0n) is 26.0. The third-order valence-corrected chi connectivity index (χ3v) is 9.76. The molecule has 6 nitrogen and oxygen atoms in total. The average Bonchev–Trinajstić information content (AvgIpc) is 3.39. The smallest absolute Gasteiger partial charge is 0.224 e. The van der Waals surface area contributed by atoms with E-state index in [-0.39, 0.29) is 29.9 Å². The second-order valence-electron chi connectivity index (χ2n) is 12.0. The Labute approximate surface area is 251 Å². The van der Waals surface area contributed by atoms with E-state index in [0.717, 1.165) is 54.0 Å². The van der Waals surface area contributed by atoms with Crippen LogP contribution in [0.2, 0.25) is 0 Å². The van der Waals surface area contributed by atoms with Crippen molar-refractivity contribution in [2.24, 2.45) is 11.8 Å². The molecule has 1 aromatic heterocycles. The van der Waals surface area contributed by atoms with Gasteiger partial charge in [0.25, 0.3) is 0 Å². The second-order valence-corrected chi connectivity index (χ2v) is 13.1. The molecule has 0 spiro atoms. The Morgan fingerprint density at radius 2 is 1.80 bits per heavy atom. The molecule has 2 aromatic rings. The van der Waals surface area contributed by atoms with Crippen molar-refractivity contribution in [2.45, 2.75) is 111 Å². The van der Waals surface area contributed by atoms with Crippen LogP contribution in [0.5, 0.6) is 0 Å². The van der Waals surface area contributed by atoms with Gasteiger partial charge in [-0.15, -0.1) is 11.3 Å². The van der Waals surface area contributed by atoms with E-state index in [9.17, 15) is 14.4 Å². The Balaban J connectivity index is 1.74. The van der Waals surface area contributed by atoms with Gasteiger partial charge in [-0.25, -0.2) is 4.98 Å². The SMILES string of the molecule is C=C(CN(CC)CC)C(=O)CCC(NC(=O)[C@@H](CC(=O)CC)Cc1nc2ccc(C(C)C)cc2s1)C1CCCCC1. The quantitative estimate of drug-likeness (QED) is 0.199. The standard InChI is InChI=1S/C34H51N3O3S/c1-7-28(38)19-27(21-33-35-30-16-15-26(23(4)5)20-32(30)41-33)34(40)36-29(25-13-11-10-12-14-25)17-18-31(39)24(6)22-37(8-2)9-3/h15-16,20,23,25,27,29H,6-14,17-19,21-22H2,1-5H3,(H,36,40)/t27-,29?/m0/s1. The molecule has 226 valence electrons. The van der Waals surface area contributed by atoms with E-state index in [1.165, 1.54) is 12.0 Å². The zero-order valence-corrected chi connectivity index (χ0v) is 26.8. The van der Waals surface area contributed by atoms with Crippen LogP contribution in [0.25, 0.3) is 10.2 Å². The molecule has 1 unspecified atom stereocenters. The van der Waals surface area contributed by atoms with Crippen LogP contribution in [0, 0.1) is 11.8 Å². The lowest BCUT2D eigenvalue weighted by Crippen LogP contribution is -2.45. The maximum absolute atomic E-state index is 13.8. The van der Waals surface area contributed by atoms with Crippen molar-refractivity contribution in [1.29, 1.82) is 0 Å². The number of nitrogens with one attached hydrogen (secondary N) is 1. The summed E-state index contributed by atoms with van der Waals surface area (Å²) in [6.45, 7) is 16.8. The van der Waals surface area contributed by atoms with Gasteiger partial charge in [-0.05, 0) is 61.9 Å². The monoisotopic (exact) mass is 581 g/mol. The highest BCUT2D eigenvalue weighted by Gasteiger charge is 2.30. The minimum absolute atomic E-state index is 0.0730. The first-order valence-corrected chi connectivity index (χ1v) is 16.6. The summed E-state index contributed by atoms with van der Waals surface area (Å²) in [5.41, 5.74) is 2.86. The number of thiazole rings is 1. The van der Waals surface area contributed by atoms with Crippen molar-refractivity contribution in [2.75, 3.05) is 19.6 Å². The highest BCUT2D eigenvalue weighted by molar-refractivity contribution is 7.18. The zero-order chi connectivity index (χ0) is 29.9. The Morgan fingerprint density at radius 1 is 1.10 bits per heavy atom. The molecule has 3 rings (SSSR count). The van der Waals surface area contributed by atoms with Gasteiger partial charge in [0.15, 0.2) is 5.78 Å². The Bertz CT molecular complexity index is 1180. The molecule has 1 aliphatic carbocycles. The maximum Gasteiger partial charge on any atom is 0.224 e. The van der Waals surface area contributed by atoms with Crippen molar-refractivity contribution in [3.05, 3.63) is 40.9 Å². The molecule has 41 heavy (non-hydrogen) atoms. The highest BCUT2D eigenvalue weighted by atomic mass is 32.1. The first-order chi connectivity index (χ1) is 19.6. The normalized spacial score (nSPS) is 15.8. The molecule has 1 N–H and O–H groups in total. The van der Waals surface area contributed by atoms with Crippen LogP contribution in [-0.2, 0) is 20.8 Å². The van der Waals surface area contributed by atoms with Crippen molar-refractivity contribution in [3.8, 4) is 0 Å². The van der Waals surface area contributed by atoms with Crippen LogP contribution < -0.4 is 5.32 Å². The van der Waals surface area contributed by atoms with Gasteiger partial charge in [0.2, 0.25) is 5.91 Å². The minimum Gasteiger partial charge on any atom is -0.353 e. The number of nitrogens with zero attached hydrogens (tertiary/aromatic N) is 2. The summed E-state index contributed by atoms with van der Waals surface area (Å²) in [7, 11) is 0. The van der Waals surface area contributed by atoms with Crippen molar-refractivity contribution >= 4 is 39.0 Å². The van der Waals surface area contributed by atoms with E-state index in [1.807, 2.05) is 6.92 Å². The minimum atomic E-state index is -0.466. The van der Waals surface area contributed by atoms with Gasteiger partial charge in [0, 0.05) is 43.8 Å². The molecule has 7 heteroatoms. The van der Waals surface area contributed by atoms with Crippen LogP contribution in [0.4, 0.5) is 0 Å². The number of ketones is 2. The molecule has 1 aromatic carbocycles. The summed E-state index contributed by atoms with van der Waals surface area (Å²) >= 11 is 1.62. The number of likely N-dealkylation sites (N-methyl/N-ethyl adjacent to an activating group) is 1. The van der Waals surface area contributed by atoms with Gasteiger partial charge < -0.3 is 5.32 Å². The van der Waals surface area contributed by atoms with E-state index < -0.39 is 5.92 Å². The molecule has 1 saturated carbocycles. The first kappa shape index (κ1) is 33.1.